The number of nitrogen functional groups attached to an aromatic ring is 1. The predicted octanol–water partition coefficient (Wildman–Crippen LogP) is 4.13. The first-order valence-corrected chi connectivity index (χ1v) is 6.10. The normalized spacial score (nSPS) is 10.8. The standard InChI is InChI=1S/C16H19N/c1-12(2)11-13-3-5-14(6-4-13)15-7-9-16(17)10-8-15/h3-10,12H,11,17H2,1-2H3. The molecule has 17 heavy (non-hydrogen) atoms. The maximum absolute atomic E-state index is 5.68. The van der Waals surface area contributed by atoms with Crippen molar-refractivity contribution in [3.63, 3.8) is 0 Å². The third kappa shape index (κ3) is 3.10. The predicted molar refractivity (Wildman–Crippen MR) is 74.8 cm³/mol. The smallest absolute Gasteiger partial charge is 0.0314 e. The Morgan fingerprint density at radius 2 is 1.29 bits per heavy atom. The number of nitrogens with two attached hydrogens (primary N) is 1. The maximum Gasteiger partial charge on any atom is 0.0314 e. The van der Waals surface area contributed by atoms with E-state index in [4.69, 9.17) is 5.73 Å². The Kier molecular flexibility index (Phi) is 3.48. The molecule has 0 radical (unpaired) electrons. The molecule has 0 aliphatic rings. The van der Waals surface area contributed by atoms with Crippen molar-refractivity contribution in [1.29, 1.82) is 0 Å². The third-order valence-corrected chi connectivity index (χ3v) is 2.84. The number of benzene rings is 2. The van der Waals surface area contributed by atoms with Gasteiger partial charge in [-0.1, -0.05) is 50.2 Å². The number of anilines is 1. The van der Waals surface area contributed by atoms with Gasteiger partial charge in [-0.25, -0.2) is 0 Å². The molecule has 0 unspecified atom stereocenters. The fourth-order valence-electron chi connectivity index (χ4n) is 1.98. The molecule has 0 bridgehead atoms. The second-order valence-electron chi connectivity index (χ2n) is 4.92. The zero-order valence-corrected chi connectivity index (χ0v) is 10.5. The molecule has 0 fully saturated rings. The SMILES string of the molecule is CC(C)Cc1ccc(-c2ccc(N)cc2)cc1. The fraction of sp³-hybridized carbons (Fsp3) is 0.250. The summed E-state index contributed by atoms with van der Waals surface area (Å²) in [4.78, 5) is 0. The van der Waals surface area contributed by atoms with Gasteiger partial charge in [0.25, 0.3) is 0 Å². The molecule has 0 aliphatic carbocycles. The largest absolute Gasteiger partial charge is 0.399 e. The minimum Gasteiger partial charge on any atom is -0.399 e. The highest BCUT2D eigenvalue weighted by atomic mass is 14.5. The van der Waals surface area contributed by atoms with Gasteiger partial charge in [-0.2, -0.15) is 0 Å². The lowest BCUT2D eigenvalue weighted by atomic mass is 9.99. The minimum absolute atomic E-state index is 0.706. The van der Waals surface area contributed by atoms with E-state index in [2.05, 4.69) is 50.2 Å². The summed E-state index contributed by atoms with van der Waals surface area (Å²) in [6, 6.07) is 16.8. The maximum atomic E-state index is 5.68. The minimum atomic E-state index is 0.706. The molecule has 0 saturated heterocycles. The number of hydrogen-bond donors (Lipinski definition) is 1. The molecular weight excluding hydrogens is 206 g/mol. The van der Waals surface area contributed by atoms with Crippen LogP contribution < -0.4 is 5.73 Å². The van der Waals surface area contributed by atoms with Gasteiger partial charge < -0.3 is 5.73 Å². The zero-order valence-electron chi connectivity index (χ0n) is 10.5. The van der Waals surface area contributed by atoms with Gasteiger partial charge in [0.15, 0.2) is 0 Å². The van der Waals surface area contributed by atoms with Crippen LogP contribution in [0.2, 0.25) is 0 Å². The lowest BCUT2D eigenvalue weighted by Gasteiger charge is -2.07. The summed E-state index contributed by atoms with van der Waals surface area (Å²) < 4.78 is 0. The van der Waals surface area contributed by atoms with Gasteiger partial charge >= 0.3 is 0 Å². The van der Waals surface area contributed by atoms with Gasteiger partial charge in [-0.15, -0.1) is 0 Å². The molecule has 88 valence electrons. The first kappa shape index (κ1) is 11.7. The van der Waals surface area contributed by atoms with Gasteiger partial charge in [0.2, 0.25) is 0 Å². The van der Waals surface area contributed by atoms with Gasteiger partial charge in [0.1, 0.15) is 0 Å². The molecule has 0 spiro atoms. The van der Waals surface area contributed by atoms with E-state index in [1.54, 1.807) is 0 Å². The van der Waals surface area contributed by atoms with E-state index in [0.29, 0.717) is 5.92 Å². The molecule has 1 heteroatoms. The van der Waals surface area contributed by atoms with E-state index in [0.717, 1.165) is 12.1 Å². The van der Waals surface area contributed by atoms with Gasteiger partial charge in [-0.3, -0.25) is 0 Å². The van der Waals surface area contributed by atoms with Crippen LogP contribution in [0.4, 0.5) is 5.69 Å². The van der Waals surface area contributed by atoms with E-state index >= 15 is 0 Å². The van der Waals surface area contributed by atoms with Crippen LogP contribution in [0.25, 0.3) is 11.1 Å². The van der Waals surface area contributed by atoms with Crippen molar-refractivity contribution in [2.24, 2.45) is 5.92 Å². The van der Waals surface area contributed by atoms with Crippen LogP contribution in [0.1, 0.15) is 19.4 Å². The summed E-state index contributed by atoms with van der Waals surface area (Å²) in [6.07, 6.45) is 1.14. The van der Waals surface area contributed by atoms with Crippen LogP contribution in [0, 0.1) is 5.92 Å². The summed E-state index contributed by atoms with van der Waals surface area (Å²) in [5.41, 5.74) is 10.4. The Morgan fingerprint density at radius 1 is 0.824 bits per heavy atom. The van der Waals surface area contributed by atoms with Crippen molar-refractivity contribution in [2.75, 3.05) is 5.73 Å². The molecular formula is C16H19N. The lowest BCUT2D eigenvalue weighted by molar-refractivity contribution is 0.647. The molecule has 2 N–H and O–H groups in total. The average molecular weight is 225 g/mol. The summed E-state index contributed by atoms with van der Waals surface area (Å²) in [5, 5.41) is 0. The van der Waals surface area contributed by atoms with Crippen LogP contribution in [-0.4, -0.2) is 0 Å². The third-order valence-electron chi connectivity index (χ3n) is 2.84. The van der Waals surface area contributed by atoms with Crippen molar-refractivity contribution in [3.05, 3.63) is 54.1 Å². The van der Waals surface area contributed by atoms with Crippen molar-refractivity contribution >= 4 is 5.69 Å². The Morgan fingerprint density at radius 3 is 1.76 bits per heavy atom. The number of hydrogen-bond acceptors (Lipinski definition) is 1. The van der Waals surface area contributed by atoms with Crippen LogP contribution in [0.15, 0.2) is 48.5 Å². The van der Waals surface area contributed by atoms with E-state index in [1.807, 2.05) is 12.1 Å². The average Bonchev–Trinajstić information content (AvgIpc) is 2.30. The van der Waals surface area contributed by atoms with Crippen molar-refractivity contribution < 1.29 is 0 Å². The van der Waals surface area contributed by atoms with Crippen molar-refractivity contribution in [1.82, 2.24) is 0 Å². The Hall–Kier alpha value is -1.76. The fourth-order valence-corrected chi connectivity index (χ4v) is 1.98. The topological polar surface area (TPSA) is 26.0 Å². The van der Waals surface area contributed by atoms with Crippen molar-refractivity contribution in [2.45, 2.75) is 20.3 Å². The molecule has 2 aromatic rings. The molecule has 2 aromatic carbocycles. The molecule has 0 amide bonds. The van der Waals surface area contributed by atoms with Crippen molar-refractivity contribution in [3.8, 4) is 11.1 Å². The van der Waals surface area contributed by atoms with Gasteiger partial charge in [0.05, 0.1) is 0 Å². The number of rotatable bonds is 3. The zero-order chi connectivity index (χ0) is 12.3. The molecule has 0 heterocycles. The van der Waals surface area contributed by atoms with E-state index in [-0.39, 0.29) is 0 Å². The lowest BCUT2D eigenvalue weighted by Crippen LogP contribution is -1.93. The van der Waals surface area contributed by atoms with Crippen LogP contribution in [-0.2, 0) is 6.42 Å². The van der Waals surface area contributed by atoms with Crippen LogP contribution >= 0.6 is 0 Å². The Bertz CT molecular complexity index is 466. The van der Waals surface area contributed by atoms with Gasteiger partial charge in [-0.05, 0) is 41.2 Å². The van der Waals surface area contributed by atoms with Gasteiger partial charge in [0, 0.05) is 5.69 Å². The molecule has 2 rings (SSSR count). The second kappa shape index (κ2) is 5.05. The highest BCUT2D eigenvalue weighted by Gasteiger charge is 2.00. The molecule has 0 aromatic heterocycles. The van der Waals surface area contributed by atoms with Crippen LogP contribution in [0.5, 0.6) is 0 Å². The monoisotopic (exact) mass is 225 g/mol. The van der Waals surface area contributed by atoms with E-state index < -0.39 is 0 Å². The molecule has 0 atom stereocenters. The highest BCUT2D eigenvalue weighted by Crippen LogP contribution is 2.21. The summed E-state index contributed by atoms with van der Waals surface area (Å²) >= 11 is 0. The molecule has 0 aliphatic heterocycles. The van der Waals surface area contributed by atoms with E-state index in [1.165, 1.54) is 16.7 Å². The highest BCUT2D eigenvalue weighted by molar-refractivity contribution is 5.65. The second-order valence-corrected chi connectivity index (χ2v) is 4.92. The summed E-state index contributed by atoms with van der Waals surface area (Å²) in [7, 11) is 0. The Labute approximate surface area is 103 Å². The molecule has 0 saturated carbocycles. The Balaban J connectivity index is 2.20. The first-order valence-electron chi connectivity index (χ1n) is 6.10. The van der Waals surface area contributed by atoms with E-state index in [9.17, 15) is 0 Å². The molecule has 1 nitrogen and oxygen atoms in total. The quantitative estimate of drug-likeness (QED) is 0.781. The van der Waals surface area contributed by atoms with Crippen LogP contribution in [0.3, 0.4) is 0 Å². The summed E-state index contributed by atoms with van der Waals surface area (Å²) in [5.74, 6) is 0.706. The summed E-state index contributed by atoms with van der Waals surface area (Å²) in [6.45, 7) is 4.49. The first-order chi connectivity index (χ1) is 8.15.